The van der Waals surface area contributed by atoms with Gasteiger partial charge in [0, 0.05) is 20.6 Å². The van der Waals surface area contributed by atoms with Gasteiger partial charge in [-0.3, -0.25) is 4.79 Å². The number of benzene rings is 2. The first-order valence-electron chi connectivity index (χ1n) is 10.00. The van der Waals surface area contributed by atoms with Gasteiger partial charge in [-0.2, -0.15) is 0 Å². The Morgan fingerprint density at radius 2 is 1.80 bits per heavy atom. The van der Waals surface area contributed by atoms with Crippen molar-refractivity contribution in [2.45, 2.75) is 19.6 Å². The molecule has 0 bridgehead atoms. The first-order valence-corrected chi connectivity index (χ1v) is 10.00. The average molecular weight is 413 g/mol. The smallest absolute Gasteiger partial charge is 0.243 e. The third kappa shape index (κ3) is 8.13. The lowest BCUT2D eigenvalue weighted by atomic mass is 10.1. The molecule has 0 spiro atoms. The van der Waals surface area contributed by atoms with Crippen molar-refractivity contribution in [3.05, 3.63) is 65.7 Å². The van der Waals surface area contributed by atoms with Crippen LogP contribution in [-0.2, 0) is 16.1 Å². The number of likely N-dealkylation sites (N-methyl/N-ethyl adjacent to an activating group) is 1. The molecule has 2 aromatic rings. The summed E-state index contributed by atoms with van der Waals surface area (Å²) in [5.74, 6) is 1.35. The van der Waals surface area contributed by atoms with Crippen LogP contribution < -0.4 is 15.4 Å². The number of hydrogen-bond acceptors (Lipinski definition) is 4. The molecule has 1 atom stereocenters. The van der Waals surface area contributed by atoms with Crippen LogP contribution in [0.5, 0.6) is 5.75 Å². The Hall–Kier alpha value is -3.06. The zero-order chi connectivity index (χ0) is 21.8. The summed E-state index contributed by atoms with van der Waals surface area (Å²) in [4.78, 5) is 17.9. The van der Waals surface area contributed by atoms with Crippen molar-refractivity contribution in [3.8, 4) is 5.75 Å². The second-order valence-corrected chi connectivity index (χ2v) is 7.06. The zero-order valence-corrected chi connectivity index (χ0v) is 18.2. The highest BCUT2D eigenvalue weighted by molar-refractivity contribution is 5.85. The van der Waals surface area contributed by atoms with Crippen LogP contribution in [0.1, 0.15) is 24.1 Å². The average Bonchev–Trinajstić information content (AvgIpc) is 2.77. The molecule has 7 nitrogen and oxygen atoms in total. The van der Waals surface area contributed by atoms with Crippen molar-refractivity contribution < 1.29 is 14.3 Å². The molecule has 0 aliphatic rings. The second-order valence-electron chi connectivity index (χ2n) is 7.06. The van der Waals surface area contributed by atoms with Crippen LogP contribution in [0.25, 0.3) is 0 Å². The zero-order valence-electron chi connectivity index (χ0n) is 18.2. The largest absolute Gasteiger partial charge is 0.497 e. The third-order valence-corrected chi connectivity index (χ3v) is 4.49. The predicted octanol–water partition coefficient (Wildman–Crippen LogP) is 2.60. The van der Waals surface area contributed by atoms with E-state index in [-0.39, 0.29) is 18.5 Å². The lowest BCUT2D eigenvalue weighted by Crippen LogP contribution is -2.41. The van der Waals surface area contributed by atoms with E-state index in [9.17, 15) is 4.79 Å². The summed E-state index contributed by atoms with van der Waals surface area (Å²) in [6.45, 7) is 3.73. The highest BCUT2D eigenvalue weighted by atomic mass is 16.5. The van der Waals surface area contributed by atoms with Crippen LogP contribution >= 0.6 is 0 Å². The number of nitrogens with zero attached hydrogens (tertiary/aromatic N) is 2. The highest BCUT2D eigenvalue weighted by Crippen LogP contribution is 2.12. The Labute approximate surface area is 179 Å². The predicted molar refractivity (Wildman–Crippen MR) is 120 cm³/mol. The van der Waals surface area contributed by atoms with Crippen molar-refractivity contribution in [3.63, 3.8) is 0 Å². The fourth-order valence-corrected chi connectivity index (χ4v) is 2.62. The molecule has 2 rings (SSSR count). The SMILES string of the molecule is COc1ccc(COCCNC(=NCC(=O)N(C)C)NC(C)c2ccccc2)cc1. The van der Waals surface area contributed by atoms with Crippen molar-refractivity contribution >= 4 is 11.9 Å². The van der Waals surface area contributed by atoms with Crippen molar-refractivity contribution in [1.29, 1.82) is 0 Å². The molecule has 1 unspecified atom stereocenters. The molecule has 162 valence electrons. The number of aliphatic imine (C=N–C) groups is 1. The molecular formula is C23H32N4O3. The van der Waals surface area contributed by atoms with Gasteiger partial charge in [0.15, 0.2) is 5.96 Å². The molecule has 30 heavy (non-hydrogen) atoms. The van der Waals surface area contributed by atoms with Gasteiger partial charge < -0.3 is 25.0 Å². The van der Waals surface area contributed by atoms with E-state index in [1.165, 1.54) is 4.90 Å². The summed E-state index contributed by atoms with van der Waals surface area (Å²) in [5, 5.41) is 6.59. The Morgan fingerprint density at radius 1 is 1.10 bits per heavy atom. The van der Waals surface area contributed by atoms with Crippen LogP contribution in [0.4, 0.5) is 0 Å². The standard InChI is InChI=1S/C23H32N4O3/c1-18(20-8-6-5-7-9-20)26-23(25-16-22(28)27(2)3)24-14-15-30-17-19-10-12-21(29-4)13-11-19/h5-13,18H,14-17H2,1-4H3,(H2,24,25,26). The third-order valence-electron chi connectivity index (χ3n) is 4.49. The van der Waals surface area contributed by atoms with Gasteiger partial charge in [0.2, 0.25) is 5.91 Å². The maximum Gasteiger partial charge on any atom is 0.243 e. The first kappa shape index (κ1) is 23.2. The van der Waals surface area contributed by atoms with Crippen molar-refractivity contribution in [1.82, 2.24) is 15.5 Å². The van der Waals surface area contributed by atoms with Gasteiger partial charge in [0.1, 0.15) is 12.3 Å². The Balaban J connectivity index is 1.85. The summed E-state index contributed by atoms with van der Waals surface area (Å²) in [6.07, 6.45) is 0. The molecule has 0 saturated carbocycles. The number of rotatable bonds is 10. The Kier molecular flexibility index (Phi) is 9.67. The Morgan fingerprint density at radius 3 is 2.43 bits per heavy atom. The van der Waals surface area contributed by atoms with E-state index in [2.05, 4.69) is 34.7 Å². The summed E-state index contributed by atoms with van der Waals surface area (Å²) < 4.78 is 10.9. The van der Waals surface area contributed by atoms with E-state index in [1.807, 2.05) is 42.5 Å². The Bertz CT molecular complexity index is 792. The molecule has 7 heteroatoms. The van der Waals surface area contributed by atoms with E-state index < -0.39 is 0 Å². The van der Waals surface area contributed by atoms with Crippen LogP contribution in [0, 0.1) is 0 Å². The van der Waals surface area contributed by atoms with Crippen LogP contribution in [0.2, 0.25) is 0 Å². The minimum atomic E-state index is -0.0563. The number of guanidine groups is 1. The van der Waals surface area contributed by atoms with Crippen molar-refractivity contribution in [2.24, 2.45) is 4.99 Å². The quantitative estimate of drug-likeness (QED) is 0.356. The molecular weight excluding hydrogens is 380 g/mol. The summed E-state index contributed by atoms with van der Waals surface area (Å²) in [6, 6.07) is 17.9. The van der Waals surface area contributed by atoms with Gasteiger partial charge in [-0.25, -0.2) is 4.99 Å². The second kappa shape index (κ2) is 12.5. The van der Waals surface area contributed by atoms with E-state index in [0.717, 1.165) is 16.9 Å². The minimum absolute atomic E-state index is 0.0483. The minimum Gasteiger partial charge on any atom is -0.497 e. The fourth-order valence-electron chi connectivity index (χ4n) is 2.62. The monoisotopic (exact) mass is 412 g/mol. The van der Waals surface area contributed by atoms with Gasteiger partial charge >= 0.3 is 0 Å². The molecule has 0 radical (unpaired) electrons. The van der Waals surface area contributed by atoms with Gasteiger partial charge in [-0.1, -0.05) is 42.5 Å². The fraction of sp³-hybridized carbons (Fsp3) is 0.391. The summed E-state index contributed by atoms with van der Waals surface area (Å²) >= 11 is 0. The topological polar surface area (TPSA) is 75.2 Å². The molecule has 0 aromatic heterocycles. The number of ether oxygens (including phenoxy) is 2. The molecule has 1 amide bonds. The highest BCUT2D eigenvalue weighted by Gasteiger charge is 2.09. The molecule has 2 N–H and O–H groups in total. The number of hydrogen-bond donors (Lipinski definition) is 2. The van der Waals surface area contributed by atoms with E-state index in [1.54, 1.807) is 21.2 Å². The summed E-state index contributed by atoms with van der Waals surface area (Å²) in [7, 11) is 5.09. The van der Waals surface area contributed by atoms with Gasteiger partial charge in [0.25, 0.3) is 0 Å². The number of amides is 1. The molecule has 0 heterocycles. The lowest BCUT2D eigenvalue weighted by molar-refractivity contribution is -0.127. The molecule has 0 fully saturated rings. The molecule has 2 aromatic carbocycles. The van der Waals surface area contributed by atoms with E-state index in [0.29, 0.717) is 25.7 Å². The molecule has 0 saturated heterocycles. The number of nitrogens with one attached hydrogen (secondary N) is 2. The van der Waals surface area contributed by atoms with Gasteiger partial charge in [0.05, 0.1) is 26.4 Å². The van der Waals surface area contributed by atoms with Gasteiger partial charge in [-0.05, 0) is 30.2 Å². The van der Waals surface area contributed by atoms with E-state index in [4.69, 9.17) is 9.47 Å². The van der Waals surface area contributed by atoms with Crippen LogP contribution in [0.15, 0.2) is 59.6 Å². The normalized spacial score (nSPS) is 12.2. The summed E-state index contributed by atoms with van der Waals surface area (Å²) in [5.41, 5.74) is 2.22. The number of carbonyl (C=O) groups excluding carboxylic acids is 1. The van der Waals surface area contributed by atoms with Crippen LogP contribution in [0.3, 0.4) is 0 Å². The van der Waals surface area contributed by atoms with Crippen LogP contribution in [-0.4, -0.2) is 57.7 Å². The first-order chi connectivity index (χ1) is 14.5. The number of carbonyl (C=O) groups is 1. The molecule has 0 aliphatic heterocycles. The maximum absolute atomic E-state index is 11.9. The number of methoxy groups -OCH3 is 1. The van der Waals surface area contributed by atoms with Crippen molar-refractivity contribution in [2.75, 3.05) is 40.9 Å². The molecule has 0 aliphatic carbocycles. The lowest BCUT2D eigenvalue weighted by Gasteiger charge is -2.19. The van der Waals surface area contributed by atoms with Gasteiger partial charge in [-0.15, -0.1) is 0 Å². The maximum atomic E-state index is 11.9. The van der Waals surface area contributed by atoms with E-state index >= 15 is 0 Å².